The quantitative estimate of drug-likeness (QED) is 0.157. The Morgan fingerprint density at radius 3 is 1.64 bits per heavy atom. The number of para-hydroxylation sites is 1. The molecule has 0 bridgehead atoms. The first-order valence-electron chi connectivity index (χ1n) is 14.4. The summed E-state index contributed by atoms with van der Waals surface area (Å²) in [5, 5.41) is 5.00. The van der Waals surface area contributed by atoms with Gasteiger partial charge in [0.05, 0.1) is 5.69 Å². The first-order chi connectivity index (χ1) is 20.5. The molecule has 0 aliphatic carbocycles. The van der Waals surface area contributed by atoms with Gasteiger partial charge in [-0.15, -0.1) is 0 Å². The van der Waals surface area contributed by atoms with Gasteiger partial charge in [0.15, 0.2) is 0 Å². The molecule has 1 heterocycles. The van der Waals surface area contributed by atoms with Gasteiger partial charge in [0.1, 0.15) is 5.82 Å². The van der Waals surface area contributed by atoms with Gasteiger partial charge in [0.25, 0.3) is 0 Å². The van der Waals surface area contributed by atoms with Crippen molar-refractivity contribution >= 4 is 39.6 Å². The number of allylic oxidation sites excluding steroid dienone is 2. The van der Waals surface area contributed by atoms with Crippen LogP contribution in [0.25, 0.3) is 43.8 Å². The third kappa shape index (κ3) is 3.83. The van der Waals surface area contributed by atoms with Crippen LogP contribution in [-0.2, 0) is 5.41 Å². The maximum atomic E-state index is 4.54. The van der Waals surface area contributed by atoms with Gasteiger partial charge in [-0.25, -0.2) is 4.99 Å². The van der Waals surface area contributed by atoms with Crippen molar-refractivity contribution in [2.75, 3.05) is 4.90 Å². The number of anilines is 2. The highest BCUT2D eigenvalue weighted by Gasteiger charge is 2.38. The van der Waals surface area contributed by atoms with Crippen molar-refractivity contribution in [1.29, 1.82) is 0 Å². The van der Waals surface area contributed by atoms with Crippen LogP contribution in [0.1, 0.15) is 19.4 Å². The van der Waals surface area contributed by atoms with Crippen LogP contribution >= 0.6 is 0 Å². The van der Waals surface area contributed by atoms with E-state index in [2.05, 4.69) is 158 Å². The van der Waals surface area contributed by atoms with Gasteiger partial charge in [-0.1, -0.05) is 130 Å². The highest BCUT2D eigenvalue weighted by Crippen LogP contribution is 2.51. The predicted octanol–water partition coefficient (Wildman–Crippen LogP) is 10.9. The molecule has 0 spiro atoms. The molecule has 0 fully saturated rings. The Balaban J connectivity index is 1.55. The lowest BCUT2D eigenvalue weighted by molar-refractivity contribution is 0.616. The SMILES string of the molecule is C=CC1=C(N=C)N(c2ccccc2)c2ccc(-c3c4ccccc4c(-c4ccccc4)c4ccccc34)cc2C1(C)C. The molecule has 7 rings (SSSR count). The number of fused-ring (bicyclic) bond motifs is 3. The van der Waals surface area contributed by atoms with Gasteiger partial charge in [-0.3, -0.25) is 4.90 Å². The van der Waals surface area contributed by atoms with E-state index in [9.17, 15) is 0 Å². The van der Waals surface area contributed by atoms with Crippen LogP contribution < -0.4 is 4.90 Å². The van der Waals surface area contributed by atoms with E-state index in [1.165, 1.54) is 49.4 Å². The lowest BCUT2D eigenvalue weighted by Crippen LogP contribution is -2.33. The van der Waals surface area contributed by atoms with Gasteiger partial charge in [-0.2, -0.15) is 0 Å². The van der Waals surface area contributed by atoms with Crippen molar-refractivity contribution < 1.29 is 0 Å². The largest absolute Gasteiger partial charge is 0.295 e. The highest BCUT2D eigenvalue weighted by molar-refractivity contribution is 6.21. The molecule has 0 atom stereocenters. The molecular formula is C40H32N2. The number of rotatable bonds is 5. The van der Waals surface area contributed by atoms with Crippen molar-refractivity contribution in [3.63, 3.8) is 0 Å². The van der Waals surface area contributed by atoms with Crippen LogP contribution in [0.15, 0.2) is 156 Å². The van der Waals surface area contributed by atoms with Crippen molar-refractivity contribution in [2.24, 2.45) is 4.99 Å². The van der Waals surface area contributed by atoms with Gasteiger partial charge >= 0.3 is 0 Å². The summed E-state index contributed by atoms with van der Waals surface area (Å²) in [6.07, 6.45) is 1.94. The molecule has 202 valence electrons. The molecule has 0 N–H and O–H groups in total. The molecule has 2 heteroatoms. The van der Waals surface area contributed by atoms with Crippen molar-refractivity contribution in [1.82, 2.24) is 0 Å². The molecule has 0 aromatic heterocycles. The Hall–Kier alpha value is -5.21. The molecule has 0 unspecified atom stereocenters. The van der Waals surface area contributed by atoms with E-state index in [1.807, 2.05) is 12.1 Å². The topological polar surface area (TPSA) is 15.6 Å². The van der Waals surface area contributed by atoms with Crippen molar-refractivity contribution in [3.05, 3.63) is 157 Å². The average Bonchev–Trinajstić information content (AvgIpc) is 3.04. The molecule has 0 saturated carbocycles. The number of nitrogens with zero attached hydrogens (tertiary/aromatic N) is 2. The van der Waals surface area contributed by atoms with E-state index >= 15 is 0 Å². The first-order valence-corrected chi connectivity index (χ1v) is 14.4. The Labute approximate surface area is 247 Å². The van der Waals surface area contributed by atoms with E-state index in [-0.39, 0.29) is 5.41 Å². The van der Waals surface area contributed by atoms with Crippen LogP contribution in [0.4, 0.5) is 11.4 Å². The maximum Gasteiger partial charge on any atom is 0.140 e. The molecule has 6 aromatic carbocycles. The second-order valence-corrected chi connectivity index (χ2v) is 11.3. The molecule has 0 amide bonds. The fourth-order valence-electron chi connectivity index (χ4n) is 6.74. The number of benzene rings is 6. The molecule has 0 radical (unpaired) electrons. The van der Waals surface area contributed by atoms with E-state index in [0.29, 0.717) is 0 Å². The Morgan fingerprint density at radius 1 is 0.619 bits per heavy atom. The minimum absolute atomic E-state index is 0.329. The smallest absolute Gasteiger partial charge is 0.140 e. The lowest BCUT2D eigenvalue weighted by Gasteiger charge is -2.41. The first kappa shape index (κ1) is 25.7. The molecule has 42 heavy (non-hydrogen) atoms. The normalized spacial score (nSPS) is 14.2. The molecule has 0 saturated heterocycles. The standard InChI is InChI=1S/C40H32N2/c1-5-34-39(41-4)42(29-18-10-7-11-19-29)36-25-24-28(26-35(36)40(34,2)3)38-32-22-14-12-20-30(32)37(27-16-8-6-9-17-27)31-21-13-15-23-33(31)38/h5-26H,1,4H2,2-3H3. The fraction of sp³-hybridized carbons (Fsp3) is 0.0750. The zero-order valence-electron chi connectivity index (χ0n) is 24.0. The van der Waals surface area contributed by atoms with Crippen molar-refractivity contribution in [3.8, 4) is 22.3 Å². The molecule has 1 aliphatic heterocycles. The summed E-state index contributed by atoms with van der Waals surface area (Å²) < 4.78 is 0. The highest BCUT2D eigenvalue weighted by atomic mass is 15.2. The number of hydrogen-bond acceptors (Lipinski definition) is 2. The average molecular weight is 541 g/mol. The second-order valence-electron chi connectivity index (χ2n) is 11.3. The van der Waals surface area contributed by atoms with Crippen molar-refractivity contribution in [2.45, 2.75) is 19.3 Å². The fourth-order valence-corrected chi connectivity index (χ4v) is 6.74. The van der Waals surface area contributed by atoms with Gasteiger partial charge in [0, 0.05) is 16.7 Å². The van der Waals surface area contributed by atoms with E-state index in [4.69, 9.17) is 0 Å². The van der Waals surface area contributed by atoms with E-state index in [0.717, 1.165) is 22.8 Å². The minimum Gasteiger partial charge on any atom is -0.295 e. The number of hydrogen-bond donors (Lipinski definition) is 0. The van der Waals surface area contributed by atoms with Crippen LogP contribution in [-0.4, -0.2) is 6.72 Å². The van der Waals surface area contributed by atoms with Crippen LogP contribution in [0, 0.1) is 0 Å². The molecular weight excluding hydrogens is 508 g/mol. The maximum absolute atomic E-state index is 4.54. The molecule has 6 aromatic rings. The third-order valence-electron chi connectivity index (χ3n) is 8.69. The predicted molar refractivity (Wildman–Crippen MR) is 181 cm³/mol. The summed E-state index contributed by atoms with van der Waals surface area (Å²) in [5.41, 5.74) is 9.06. The molecule has 2 nitrogen and oxygen atoms in total. The summed E-state index contributed by atoms with van der Waals surface area (Å²) in [6.45, 7) is 12.7. The van der Waals surface area contributed by atoms with Crippen LogP contribution in [0.5, 0.6) is 0 Å². The summed E-state index contributed by atoms with van der Waals surface area (Å²) >= 11 is 0. The summed E-state index contributed by atoms with van der Waals surface area (Å²) in [5.74, 6) is 0.824. The Morgan fingerprint density at radius 2 is 1.12 bits per heavy atom. The summed E-state index contributed by atoms with van der Waals surface area (Å²) in [6, 6.07) is 45.6. The summed E-state index contributed by atoms with van der Waals surface area (Å²) in [4.78, 5) is 6.75. The van der Waals surface area contributed by atoms with Gasteiger partial charge in [0.2, 0.25) is 0 Å². The van der Waals surface area contributed by atoms with Gasteiger partial charge < -0.3 is 0 Å². The third-order valence-corrected chi connectivity index (χ3v) is 8.69. The van der Waals surface area contributed by atoms with Crippen LogP contribution in [0.2, 0.25) is 0 Å². The van der Waals surface area contributed by atoms with Crippen LogP contribution in [0.3, 0.4) is 0 Å². The van der Waals surface area contributed by atoms with Gasteiger partial charge in [-0.05, 0) is 80.3 Å². The summed E-state index contributed by atoms with van der Waals surface area (Å²) in [7, 11) is 0. The Bertz CT molecular complexity index is 1970. The monoisotopic (exact) mass is 540 g/mol. The zero-order chi connectivity index (χ0) is 28.8. The molecule has 1 aliphatic rings. The van der Waals surface area contributed by atoms with E-state index in [1.54, 1.807) is 0 Å². The number of aliphatic imine (C=N–C) groups is 1. The minimum atomic E-state index is -0.329. The Kier molecular flexibility index (Phi) is 6.13. The van der Waals surface area contributed by atoms with E-state index < -0.39 is 0 Å². The lowest BCUT2D eigenvalue weighted by atomic mass is 9.73. The zero-order valence-corrected chi connectivity index (χ0v) is 24.0. The second kappa shape index (κ2) is 10.0.